The molecule has 0 saturated carbocycles. The van der Waals surface area contributed by atoms with E-state index < -0.39 is 12.1 Å². The SMILES string of the molecule is C=CCc1cc(C=Nn2c([C@@H](C)CC)nc3ccc(Br)cc3c2=O)cc(OCC)c1O[C@H](C)C(=O)OCC. The lowest BCUT2D eigenvalue weighted by Crippen LogP contribution is -2.26. The van der Waals surface area contributed by atoms with Gasteiger partial charge in [0.15, 0.2) is 17.6 Å². The molecule has 0 N–H and O–H groups in total. The second-order valence-corrected chi connectivity index (χ2v) is 9.66. The number of aromatic nitrogens is 2. The number of nitrogens with zero attached hydrogens (tertiary/aromatic N) is 3. The Morgan fingerprint density at radius 2 is 1.95 bits per heavy atom. The maximum atomic E-state index is 13.5. The van der Waals surface area contributed by atoms with Crippen molar-refractivity contribution in [1.82, 2.24) is 9.66 Å². The van der Waals surface area contributed by atoms with Gasteiger partial charge in [0.2, 0.25) is 0 Å². The zero-order valence-electron chi connectivity index (χ0n) is 22.5. The van der Waals surface area contributed by atoms with Crippen molar-refractivity contribution in [2.75, 3.05) is 13.2 Å². The fourth-order valence-corrected chi connectivity index (χ4v) is 4.21. The van der Waals surface area contributed by atoms with E-state index in [4.69, 9.17) is 19.2 Å². The summed E-state index contributed by atoms with van der Waals surface area (Å²) in [6.07, 6.45) is 3.79. The van der Waals surface area contributed by atoms with E-state index in [1.165, 1.54) is 4.68 Å². The van der Waals surface area contributed by atoms with Crippen molar-refractivity contribution in [3.63, 3.8) is 0 Å². The Hall–Kier alpha value is -3.46. The van der Waals surface area contributed by atoms with Crippen LogP contribution in [0.25, 0.3) is 10.9 Å². The zero-order valence-corrected chi connectivity index (χ0v) is 24.1. The number of halogens is 1. The topological polar surface area (TPSA) is 92.0 Å². The van der Waals surface area contributed by atoms with Crippen LogP contribution >= 0.6 is 15.9 Å². The number of esters is 1. The third-order valence-corrected chi connectivity index (χ3v) is 6.43. The summed E-state index contributed by atoms with van der Waals surface area (Å²) in [6.45, 7) is 13.8. The van der Waals surface area contributed by atoms with Crippen LogP contribution in [0, 0.1) is 0 Å². The summed E-state index contributed by atoms with van der Waals surface area (Å²) in [6, 6.07) is 9.09. The minimum Gasteiger partial charge on any atom is -0.490 e. The van der Waals surface area contributed by atoms with Crippen molar-refractivity contribution in [2.45, 2.75) is 59.5 Å². The van der Waals surface area contributed by atoms with Crippen LogP contribution in [0.4, 0.5) is 0 Å². The molecule has 0 spiro atoms. The molecule has 0 unspecified atom stereocenters. The Labute approximate surface area is 231 Å². The fourth-order valence-electron chi connectivity index (χ4n) is 3.85. The molecule has 3 aromatic rings. The molecule has 0 radical (unpaired) electrons. The zero-order chi connectivity index (χ0) is 27.8. The number of benzene rings is 2. The maximum absolute atomic E-state index is 13.5. The van der Waals surface area contributed by atoms with Gasteiger partial charge in [-0.05, 0) is 69.5 Å². The van der Waals surface area contributed by atoms with Crippen molar-refractivity contribution in [3.8, 4) is 11.5 Å². The molecule has 2 atom stereocenters. The van der Waals surface area contributed by atoms with Crippen molar-refractivity contribution >= 4 is 39.0 Å². The van der Waals surface area contributed by atoms with E-state index >= 15 is 0 Å². The number of fused-ring (bicyclic) bond motifs is 1. The Morgan fingerprint density at radius 1 is 1.18 bits per heavy atom. The molecule has 3 rings (SSSR count). The van der Waals surface area contributed by atoms with Crippen LogP contribution in [0.1, 0.15) is 63.9 Å². The Morgan fingerprint density at radius 3 is 2.61 bits per heavy atom. The van der Waals surface area contributed by atoms with E-state index in [-0.39, 0.29) is 18.1 Å². The molecule has 38 heavy (non-hydrogen) atoms. The number of carbonyl (C=O) groups is 1. The van der Waals surface area contributed by atoms with Crippen LogP contribution in [0.15, 0.2) is 57.4 Å². The lowest BCUT2D eigenvalue weighted by Gasteiger charge is -2.20. The molecule has 1 heterocycles. The number of ether oxygens (including phenoxy) is 3. The average Bonchev–Trinajstić information content (AvgIpc) is 2.90. The van der Waals surface area contributed by atoms with Gasteiger partial charge in [0.25, 0.3) is 5.56 Å². The number of rotatable bonds is 12. The minimum atomic E-state index is -0.822. The van der Waals surface area contributed by atoms with E-state index in [0.717, 1.165) is 16.5 Å². The Balaban J connectivity index is 2.12. The molecule has 0 amide bonds. The fraction of sp³-hybridized carbons (Fsp3) is 0.379. The van der Waals surface area contributed by atoms with Crippen LogP contribution in [-0.2, 0) is 16.0 Å². The van der Waals surface area contributed by atoms with Gasteiger partial charge in [-0.15, -0.1) is 6.58 Å². The van der Waals surface area contributed by atoms with Crippen LogP contribution in [-0.4, -0.2) is 41.2 Å². The number of allylic oxidation sites excluding steroid dienone is 1. The van der Waals surface area contributed by atoms with E-state index in [1.54, 1.807) is 38.3 Å². The third-order valence-electron chi connectivity index (χ3n) is 5.94. The standard InChI is InChI=1S/C29H34BrN3O5/c1-7-11-21-14-20(15-25(36-9-3)26(21)38-19(6)29(35)37-10-4)17-31-33-27(18(5)8-2)32-24-13-12-22(30)16-23(24)28(33)34/h7,12-19H,1,8-11H2,2-6H3/t18-,19+/m0/s1. The number of hydrogen-bond donors (Lipinski definition) is 0. The van der Waals surface area contributed by atoms with Crippen LogP contribution in [0.3, 0.4) is 0 Å². The average molecular weight is 585 g/mol. The van der Waals surface area contributed by atoms with Crippen LogP contribution < -0.4 is 15.0 Å². The second-order valence-electron chi connectivity index (χ2n) is 8.75. The third kappa shape index (κ3) is 6.69. The molecule has 0 aliphatic carbocycles. The summed E-state index contributed by atoms with van der Waals surface area (Å²) in [7, 11) is 0. The highest BCUT2D eigenvalue weighted by Gasteiger charge is 2.21. The van der Waals surface area contributed by atoms with Gasteiger partial charge in [-0.25, -0.2) is 9.78 Å². The molecular formula is C29H34BrN3O5. The van der Waals surface area contributed by atoms with Gasteiger partial charge >= 0.3 is 5.97 Å². The normalized spacial score (nSPS) is 12.9. The van der Waals surface area contributed by atoms with Gasteiger partial charge in [-0.3, -0.25) is 4.79 Å². The first-order valence-corrected chi connectivity index (χ1v) is 13.5. The number of carbonyl (C=O) groups excluding carboxylic acids is 1. The van der Waals surface area contributed by atoms with Crippen molar-refractivity contribution in [2.24, 2.45) is 5.10 Å². The molecule has 2 aromatic carbocycles. The van der Waals surface area contributed by atoms with Crippen molar-refractivity contribution in [3.05, 3.63) is 74.8 Å². The van der Waals surface area contributed by atoms with E-state index in [9.17, 15) is 9.59 Å². The summed E-state index contributed by atoms with van der Waals surface area (Å²) < 4.78 is 19.1. The molecule has 9 heteroatoms. The lowest BCUT2D eigenvalue weighted by molar-refractivity contribution is -0.150. The first-order chi connectivity index (χ1) is 18.2. The van der Waals surface area contributed by atoms with Crippen molar-refractivity contribution in [1.29, 1.82) is 0 Å². The van der Waals surface area contributed by atoms with Gasteiger partial charge in [0, 0.05) is 16.0 Å². The first kappa shape index (κ1) is 29.1. The summed E-state index contributed by atoms with van der Waals surface area (Å²) in [5.74, 6) is 1.04. The monoisotopic (exact) mass is 583 g/mol. The molecular weight excluding hydrogens is 550 g/mol. The van der Waals surface area contributed by atoms with Gasteiger partial charge < -0.3 is 14.2 Å². The highest BCUT2D eigenvalue weighted by atomic mass is 79.9. The van der Waals surface area contributed by atoms with Crippen LogP contribution in [0.5, 0.6) is 11.5 Å². The highest BCUT2D eigenvalue weighted by molar-refractivity contribution is 9.10. The van der Waals surface area contributed by atoms with E-state index in [0.29, 0.717) is 46.8 Å². The van der Waals surface area contributed by atoms with E-state index in [1.807, 2.05) is 39.0 Å². The molecule has 0 fully saturated rings. The summed E-state index contributed by atoms with van der Waals surface area (Å²) >= 11 is 3.44. The highest BCUT2D eigenvalue weighted by Crippen LogP contribution is 2.34. The molecule has 0 aliphatic heterocycles. The van der Waals surface area contributed by atoms with Gasteiger partial charge in [0.1, 0.15) is 5.82 Å². The predicted octanol–water partition coefficient (Wildman–Crippen LogP) is 6.01. The summed E-state index contributed by atoms with van der Waals surface area (Å²) in [5.41, 5.74) is 1.84. The second kappa shape index (κ2) is 13.4. The molecule has 202 valence electrons. The van der Waals surface area contributed by atoms with Gasteiger partial charge in [-0.1, -0.05) is 35.9 Å². The summed E-state index contributed by atoms with van der Waals surface area (Å²) in [4.78, 5) is 30.4. The quantitative estimate of drug-likeness (QED) is 0.147. The molecule has 0 bridgehead atoms. The molecule has 0 saturated heterocycles. The van der Waals surface area contributed by atoms with Crippen molar-refractivity contribution < 1.29 is 19.0 Å². The maximum Gasteiger partial charge on any atom is 0.347 e. The lowest BCUT2D eigenvalue weighted by atomic mass is 10.1. The van der Waals surface area contributed by atoms with Crippen LogP contribution in [0.2, 0.25) is 0 Å². The van der Waals surface area contributed by atoms with Gasteiger partial charge in [-0.2, -0.15) is 9.78 Å². The smallest absolute Gasteiger partial charge is 0.347 e. The first-order valence-electron chi connectivity index (χ1n) is 12.7. The molecule has 0 aliphatic rings. The summed E-state index contributed by atoms with van der Waals surface area (Å²) in [5, 5.41) is 5.05. The largest absolute Gasteiger partial charge is 0.490 e. The Kier molecular flexibility index (Phi) is 10.2. The Bertz CT molecular complexity index is 1400. The predicted molar refractivity (Wildman–Crippen MR) is 154 cm³/mol. The number of hydrogen-bond acceptors (Lipinski definition) is 7. The van der Waals surface area contributed by atoms with Gasteiger partial charge in [0.05, 0.1) is 30.3 Å². The molecule has 1 aromatic heterocycles. The minimum absolute atomic E-state index is 0.0170. The molecule has 8 nitrogen and oxygen atoms in total. The van der Waals surface area contributed by atoms with E-state index in [2.05, 4.69) is 27.6 Å².